The zero-order valence-corrected chi connectivity index (χ0v) is 35.9. The van der Waals surface area contributed by atoms with Gasteiger partial charge >= 0.3 is 0 Å². The molecular formula is C43H45Br2F2N3O2S2. The zero-order chi connectivity index (χ0) is 38.2. The van der Waals surface area contributed by atoms with Gasteiger partial charge in [-0.3, -0.25) is 4.98 Å². The summed E-state index contributed by atoms with van der Waals surface area (Å²) in [5, 5.41) is 0. The number of halogens is 4. The van der Waals surface area contributed by atoms with E-state index < -0.39 is 11.6 Å². The number of aromatic nitrogens is 3. The molecule has 5 nitrogen and oxygen atoms in total. The van der Waals surface area contributed by atoms with Crippen LogP contribution in [0.5, 0.6) is 11.5 Å². The first kappa shape index (κ1) is 40.4. The first-order chi connectivity index (χ1) is 26.1. The summed E-state index contributed by atoms with van der Waals surface area (Å²) in [5.74, 6) is 0.447. The molecule has 0 spiro atoms. The highest BCUT2D eigenvalue weighted by molar-refractivity contribution is 9.11. The third-order valence-electron chi connectivity index (χ3n) is 9.13. The van der Waals surface area contributed by atoms with Gasteiger partial charge in [-0.1, -0.05) is 78.4 Å². The average Bonchev–Trinajstić information content (AvgIpc) is 3.78. The molecule has 0 N–H and O–H groups in total. The van der Waals surface area contributed by atoms with Gasteiger partial charge in [-0.05, 0) is 105 Å². The summed E-state index contributed by atoms with van der Waals surface area (Å²) in [4.78, 5) is 17.4. The molecule has 0 amide bonds. The summed E-state index contributed by atoms with van der Waals surface area (Å²) in [5.41, 5.74) is 4.12. The molecule has 11 heteroatoms. The molecule has 0 aliphatic carbocycles. The van der Waals surface area contributed by atoms with Crippen LogP contribution in [-0.2, 0) is 0 Å². The molecule has 4 aromatic heterocycles. The number of benzene rings is 2. The van der Waals surface area contributed by atoms with Crippen LogP contribution in [0, 0.1) is 23.5 Å². The molecular weight excluding hydrogens is 852 g/mol. The number of thiophene rings is 2. The van der Waals surface area contributed by atoms with E-state index in [1.807, 2.05) is 30.5 Å². The molecule has 0 saturated heterocycles. The van der Waals surface area contributed by atoms with Gasteiger partial charge < -0.3 is 9.47 Å². The molecule has 0 saturated carbocycles. The lowest BCUT2D eigenvalue weighted by molar-refractivity contribution is 0.289. The highest BCUT2D eigenvalue weighted by Crippen LogP contribution is 2.45. The molecule has 0 fully saturated rings. The van der Waals surface area contributed by atoms with E-state index in [-0.39, 0.29) is 11.5 Å². The van der Waals surface area contributed by atoms with E-state index >= 15 is 8.78 Å². The van der Waals surface area contributed by atoms with Gasteiger partial charge in [-0.2, -0.15) is 0 Å². The quantitative estimate of drug-likeness (QED) is 0.0805. The number of para-hydroxylation sites is 2. The predicted octanol–water partition coefficient (Wildman–Crippen LogP) is 14.8. The van der Waals surface area contributed by atoms with Gasteiger partial charge in [0, 0.05) is 27.8 Å². The van der Waals surface area contributed by atoms with Crippen LogP contribution in [0.1, 0.15) is 79.1 Å². The van der Waals surface area contributed by atoms with Crippen molar-refractivity contribution >= 4 is 65.6 Å². The third kappa shape index (κ3) is 9.94. The fraction of sp³-hybridized carbons (Fsp3) is 0.372. The van der Waals surface area contributed by atoms with Crippen LogP contribution in [0.2, 0.25) is 0 Å². The van der Waals surface area contributed by atoms with Gasteiger partial charge in [-0.25, -0.2) is 18.7 Å². The standard InChI is InChI=1S/C43H45Br2F2N3O2S2/c1-26(2)13-7-5-9-23-51-42-28(15-11-17-31(42)46)37-38(29-16-12-18-32(47)43(29)52-24-10-6-8-14-27(3)4)50-41-39(49-37)30(33-19-21-35(44)53-33)25-48-40(41)34-20-22-36(45)54-34/h11-12,15-22,25-27H,5-10,13-14,23-24H2,1-4H3. The smallest absolute Gasteiger partial charge is 0.165 e. The molecule has 0 bridgehead atoms. The highest BCUT2D eigenvalue weighted by Gasteiger charge is 2.26. The van der Waals surface area contributed by atoms with Crippen molar-refractivity contribution in [2.75, 3.05) is 13.2 Å². The van der Waals surface area contributed by atoms with Crippen LogP contribution >= 0.6 is 54.5 Å². The Bertz CT molecular complexity index is 2030. The monoisotopic (exact) mass is 895 g/mol. The van der Waals surface area contributed by atoms with Gasteiger partial charge in [0.25, 0.3) is 0 Å². The van der Waals surface area contributed by atoms with Crippen molar-refractivity contribution in [1.82, 2.24) is 15.0 Å². The highest BCUT2D eigenvalue weighted by atomic mass is 79.9. The molecule has 4 heterocycles. The number of hydrogen-bond donors (Lipinski definition) is 0. The Hall–Kier alpha value is -3.25. The van der Waals surface area contributed by atoms with Gasteiger partial charge in [0.05, 0.1) is 25.7 Å². The minimum Gasteiger partial charge on any atom is -0.490 e. The first-order valence-electron chi connectivity index (χ1n) is 18.7. The lowest BCUT2D eigenvalue weighted by Gasteiger charge is -2.19. The van der Waals surface area contributed by atoms with Gasteiger partial charge in [0.1, 0.15) is 28.1 Å². The Morgan fingerprint density at radius 1 is 0.574 bits per heavy atom. The second-order valence-electron chi connectivity index (χ2n) is 14.3. The largest absolute Gasteiger partial charge is 0.490 e. The van der Waals surface area contributed by atoms with Crippen LogP contribution in [0.15, 0.2) is 74.4 Å². The maximum Gasteiger partial charge on any atom is 0.165 e. The van der Waals surface area contributed by atoms with Gasteiger partial charge in [-0.15, -0.1) is 22.7 Å². The van der Waals surface area contributed by atoms with Crippen molar-refractivity contribution in [3.8, 4) is 55.0 Å². The maximum atomic E-state index is 15.9. The lowest BCUT2D eigenvalue weighted by Crippen LogP contribution is -2.06. The van der Waals surface area contributed by atoms with Crippen LogP contribution in [0.3, 0.4) is 0 Å². The molecule has 2 aromatic carbocycles. The second kappa shape index (κ2) is 19.1. The third-order valence-corrected chi connectivity index (χ3v) is 12.4. The number of ether oxygens (including phenoxy) is 2. The van der Waals surface area contributed by atoms with Gasteiger partial charge in [0.2, 0.25) is 0 Å². The van der Waals surface area contributed by atoms with Crippen LogP contribution in [0.4, 0.5) is 8.78 Å². The second-order valence-corrected chi connectivity index (χ2v) is 19.2. The number of nitrogens with zero attached hydrogens (tertiary/aromatic N) is 3. The number of hydrogen-bond acceptors (Lipinski definition) is 7. The summed E-state index contributed by atoms with van der Waals surface area (Å²) >= 11 is 10.3. The summed E-state index contributed by atoms with van der Waals surface area (Å²) in [6.45, 7) is 9.56. The van der Waals surface area contributed by atoms with E-state index in [0.717, 1.165) is 74.3 Å². The molecule has 6 rings (SSSR count). The Labute approximate surface area is 341 Å². The molecule has 6 aromatic rings. The van der Waals surface area contributed by atoms with E-state index in [9.17, 15) is 0 Å². The summed E-state index contributed by atoms with van der Waals surface area (Å²) < 4.78 is 46.2. The number of rotatable bonds is 18. The van der Waals surface area contributed by atoms with Crippen LogP contribution in [0.25, 0.3) is 54.6 Å². The van der Waals surface area contributed by atoms with Crippen molar-refractivity contribution in [3.63, 3.8) is 0 Å². The molecule has 54 heavy (non-hydrogen) atoms. The minimum atomic E-state index is -0.502. The SMILES string of the molecule is CC(C)CCCCCOc1c(F)cccc1-c1nc2c(-c3ccc(Br)s3)cnc(-c3ccc(Br)s3)c2nc1-c1cccc(F)c1OCCCCCC(C)C. The Balaban J connectivity index is 1.53. The average molecular weight is 898 g/mol. The van der Waals surface area contributed by atoms with Gasteiger partial charge in [0.15, 0.2) is 23.1 Å². The van der Waals surface area contributed by atoms with Crippen molar-refractivity contribution in [3.05, 3.63) is 86.1 Å². The number of fused-ring (bicyclic) bond motifs is 1. The zero-order valence-electron chi connectivity index (χ0n) is 31.1. The summed E-state index contributed by atoms with van der Waals surface area (Å²) in [7, 11) is 0. The van der Waals surface area contributed by atoms with E-state index in [0.29, 0.717) is 64.3 Å². The number of pyridine rings is 1. The van der Waals surface area contributed by atoms with Crippen molar-refractivity contribution in [2.24, 2.45) is 11.8 Å². The minimum absolute atomic E-state index is 0.0898. The number of unbranched alkanes of at least 4 members (excludes halogenated alkanes) is 4. The summed E-state index contributed by atoms with van der Waals surface area (Å²) in [6, 6.07) is 17.6. The predicted molar refractivity (Wildman–Crippen MR) is 228 cm³/mol. The molecule has 0 unspecified atom stereocenters. The molecule has 284 valence electrons. The van der Waals surface area contributed by atoms with E-state index in [2.05, 4.69) is 59.6 Å². The van der Waals surface area contributed by atoms with Crippen molar-refractivity contribution in [1.29, 1.82) is 0 Å². The van der Waals surface area contributed by atoms with E-state index in [4.69, 9.17) is 24.4 Å². The lowest BCUT2D eigenvalue weighted by atomic mass is 10.0. The Kier molecular flexibility index (Phi) is 14.3. The maximum absolute atomic E-state index is 15.9. The summed E-state index contributed by atoms with van der Waals surface area (Å²) in [6.07, 6.45) is 9.81. The van der Waals surface area contributed by atoms with Crippen molar-refractivity contribution in [2.45, 2.75) is 79.1 Å². The normalized spacial score (nSPS) is 11.7. The molecule has 0 atom stereocenters. The Morgan fingerprint density at radius 3 is 1.56 bits per heavy atom. The fourth-order valence-electron chi connectivity index (χ4n) is 6.37. The fourth-order valence-corrected chi connectivity index (χ4v) is 9.15. The van der Waals surface area contributed by atoms with Crippen LogP contribution < -0.4 is 9.47 Å². The topological polar surface area (TPSA) is 57.1 Å². The Morgan fingerprint density at radius 2 is 1.07 bits per heavy atom. The van der Waals surface area contributed by atoms with E-state index in [1.54, 1.807) is 35.6 Å². The van der Waals surface area contributed by atoms with E-state index in [1.165, 1.54) is 23.5 Å². The van der Waals surface area contributed by atoms with Crippen LogP contribution in [-0.4, -0.2) is 28.2 Å². The van der Waals surface area contributed by atoms with Crippen molar-refractivity contribution < 1.29 is 18.3 Å². The molecule has 0 radical (unpaired) electrons. The first-order valence-corrected chi connectivity index (χ1v) is 21.9. The molecule has 0 aliphatic heterocycles. The molecule has 0 aliphatic rings.